The number of aromatic amines is 1. The largest absolute Gasteiger partial charge is 0.332 e. The van der Waals surface area contributed by atoms with E-state index in [1.54, 1.807) is 11.8 Å². The Morgan fingerprint density at radius 3 is 2.23 bits per heavy atom. The SMILES string of the molecule is O=C(CCSc1nc(-c2ccccc2)c(-c2ccccc2)[nH]1)Nc1ccccc1Br. The first-order chi connectivity index (χ1) is 14.7. The lowest BCUT2D eigenvalue weighted by Gasteiger charge is -2.06. The summed E-state index contributed by atoms with van der Waals surface area (Å²) < 4.78 is 0.872. The Labute approximate surface area is 188 Å². The number of thioether (sulfide) groups is 1. The number of imidazole rings is 1. The average Bonchev–Trinajstić information content (AvgIpc) is 3.21. The highest BCUT2D eigenvalue weighted by atomic mass is 79.9. The molecule has 0 saturated heterocycles. The molecule has 4 nitrogen and oxygen atoms in total. The fourth-order valence-electron chi connectivity index (χ4n) is 3.05. The molecule has 1 heterocycles. The highest BCUT2D eigenvalue weighted by molar-refractivity contribution is 9.10. The Bertz CT molecular complexity index is 1070. The molecule has 0 unspecified atom stereocenters. The first-order valence-corrected chi connectivity index (χ1v) is 11.4. The van der Waals surface area contributed by atoms with Crippen molar-refractivity contribution >= 4 is 39.3 Å². The summed E-state index contributed by atoms with van der Waals surface area (Å²) in [6.45, 7) is 0. The van der Waals surface area contributed by atoms with Crippen molar-refractivity contribution in [1.82, 2.24) is 9.97 Å². The van der Waals surface area contributed by atoms with Gasteiger partial charge in [-0.15, -0.1) is 0 Å². The second-order valence-electron chi connectivity index (χ2n) is 6.62. The number of aromatic nitrogens is 2. The molecule has 30 heavy (non-hydrogen) atoms. The summed E-state index contributed by atoms with van der Waals surface area (Å²) in [5.74, 6) is 0.610. The zero-order valence-electron chi connectivity index (χ0n) is 16.1. The molecule has 150 valence electrons. The van der Waals surface area contributed by atoms with Crippen LogP contribution in [-0.4, -0.2) is 21.6 Å². The molecule has 0 aliphatic heterocycles. The zero-order valence-corrected chi connectivity index (χ0v) is 18.5. The number of hydrogen-bond donors (Lipinski definition) is 2. The van der Waals surface area contributed by atoms with Crippen molar-refractivity contribution in [3.8, 4) is 22.5 Å². The number of carbonyl (C=O) groups is 1. The van der Waals surface area contributed by atoms with Crippen molar-refractivity contribution in [2.75, 3.05) is 11.1 Å². The van der Waals surface area contributed by atoms with Gasteiger partial charge in [0.05, 0.1) is 17.1 Å². The van der Waals surface area contributed by atoms with Crippen molar-refractivity contribution < 1.29 is 4.79 Å². The summed E-state index contributed by atoms with van der Waals surface area (Å²) in [6, 6.07) is 27.9. The number of hydrogen-bond acceptors (Lipinski definition) is 3. The number of carbonyl (C=O) groups excluding carboxylic acids is 1. The van der Waals surface area contributed by atoms with E-state index in [1.807, 2.05) is 60.7 Å². The Hall–Kier alpha value is -2.83. The summed E-state index contributed by atoms with van der Waals surface area (Å²) in [7, 11) is 0. The van der Waals surface area contributed by atoms with Gasteiger partial charge in [-0.3, -0.25) is 4.79 Å². The number of halogens is 1. The molecule has 4 aromatic rings. The Morgan fingerprint density at radius 2 is 1.53 bits per heavy atom. The first kappa shape index (κ1) is 20.4. The Kier molecular flexibility index (Phi) is 6.67. The van der Waals surface area contributed by atoms with Crippen molar-refractivity contribution in [2.45, 2.75) is 11.6 Å². The summed E-state index contributed by atoms with van der Waals surface area (Å²) in [6.07, 6.45) is 0.397. The van der Waals surface area contributed by atoms with Gasteiger partial charge in [0.2, 0.25) is 5.91 Å². The number of nitrogens with zero attached hydrogens (tertiary/aromatic N) is 1. The highest BCUT2D eigenvalue weighted by Gasteiger charge is 2.14. The predicted octanol–water partition coefficient (Wildman–Crippen LogP) is 6.63. The molecule has 4 rings (SSSR count). The number of H-pyrrole nitrogens is 1. The molecule has 0 atom stereocenters. The van der Waals surface area contributed by atoms with Crippen molar-refractivity contribution in [3.63, 3.8) is 0 Å². The summed E-state index contributed by atoms with van der Waals surface area (Å²) in [5.41, 5.74) is 4.83. The third-order valence-electron chi connectivity index (χ3n) is 4.51. The monoisotopic (exact) mass is 477 g/mol. The van der Waals surface area contributed by atoms with Gasteiger partial charge in [0, 0.05) is 27.8 Å². The van der Waals surface area contributed by atoms with Crippen LogP contribution in [0.1, 0.15) is 6.42 Å². The average molecular weight is 478 g/mol. The Morgan fingerprint density at radius 1 is 0.900 bits per heavy atom. The fraction of sp³-hybridized carbons (Fsp3) is 0.0833. The van der Waals surface area contributed by atoms with E-state index in [2.05, 4.69) is 50.5 Å². The van der Waals surface area contributed by atoms with E-state index in [1.165, 1.54) is 0 Å². The van der Waals surface area contributed by atoms with Gasteiger partial charge >= 0.3 is 0 Å². The van der Waals surface area contributed by atoms with Crippen LogP contribution in [0.5, 0.6) is 0 Å². The van der Waals surface area contributed by atoms with Crippen LogP contribution in [0.3, 0.4) is 0 Å². The van der Waals surface area contributed by atoms with Gasteiger partial charge < -0.3 is 10.3 Å². The summed E-state index contributed by atoms with van der Waals surface area (Å²) in [5, 5.41) is 3.74. The standard InChI is InChI=1S/C24H20BrN3OS/c25-19-13-7-8-14-20(19)26-21(29)15-16-30-24-27-22(17-9-3-1-4-10-17)23(28-24)18-11-5-2-6-12-18/h1-14H,15-16H2,(H,26,29)(H,27,28). The van der Waals surface area contributed by atoms with E-state index >= 15 is 0 Å². The minimum Gasteiger partial charge on any atom is -0.332 e. The third kappa shape index (κ3) is 5.01. The molecule has 0 bridgehead atoms. The molecule has 3 aromatic carbocycles. The molecule has 1 aromatic heterocycles. The van der Waals surface area contributed by atoms with Crippen molar-refractivity contribution in [1.29, 1.82) is 0 Å². The van der Waals surface area contributed by atoms with E-state index < -0.39 is 0 Å². The number of benzene rings is 3. The predicted molar refractivity (Wildman–Crippen MR) is 128 cm³/mol. The number of amides is 1. The van der Waals surface area contributed by atoms with Crippen molar-refractivity contribution in [3.05, 3.63) is 89.4 Å². The van der Waals surface area contributed by atoms with Gasteiger partial charge in [0.1, 0.15) is 0 Å². The van der Waals surface area contributed by atoms with Crippen LogP contribution in [0, 0.1) is 0 Å². The van der Waals surface area contributed by atoms with E-state index in [9.17, 15) is 4.79 Å². The van der Waals surface area contributed by atoms with Crippen LogP contribution in [0.2, 0.25) is 0 Å². The lowest BCUT2D eigenvalue weighted by molar-refractivity contribution is -0.115. The smallest absolute Gasteiger partial charge is 0.225 e. The minimum absolute atomic E-state index is 0.0208. The molecule has 0 aliphatic carbocycles. The van der Waals surface area contributed by atoms with E-state index in [0.29, 0.717) is 12.2 Å². The van der Waals surface area contributed by atoms with E-state index in [4.69, 9.17) is 4.98 Å². The van der Waals surface area contributed by atoms with Crippen LogP contribution < -0.4 is 5.32 Å². The lowest BCUT2D eigenvalue weighted by Crippen LogP contribution is -2.12. The summed E-state index contributed by atoms with van der Waals surface area (Å²) in [4.78, 5) is 20.6. The second kappa shape index (κ2) is 9.78. The van der Waals surface area contributed by atoms with Gasteiger partial charge in [-0.1, -0.05) is 84.6 Å². The van der Waals surface area contributed by atoms with Crippen LogP contribution in [-0.2, 0) is 4.79 Å². The normalized spacial score (nSPS) is 10.7. The zero-order chi connectivity index (χ0) is 20.8. The van der Waals surface area contributed by atoms with Crippen molar-refractivity contribution in [2.24, 2.45) is 0 Å². The maximum Gasteiger partial charge on any atom is 0.225 e. The molecular formula is C24H20BrN3OS. The molecule has 0 radical (unpaired) electrons. The minimum atomic E-state index is -0.0208. The highest BCUT2D eigenvalue weighted by Crippen LogP contribution is 2.32. The van der Waals surface area contributed by atoms with Gasteiger partial charge in [-0.25, -0.2) is 4.98 Å². The van der Waals surface area contributed by atoms with Gasteiger partial charge in [-0.2, -0.15) is 0 Å². The number of nitrogens with one attached hydrogen (secondary N) is 2. The number of para-hydroxylation sites is 1. The molecule has 6 heteroatoms. The van der Waals surface area contributed by atoms with Crippen LogP contribution >= 0.6 is 27.7 Å². The molecule has 2 N–H and O–H groups in total. The van der Waals surface area contributed by atoms with Gasteiger partial charge in [0.15, 0.2) is 5.16 Å². The fourth-order valence-corrected chi connectivity index (χ4v) is 4.25. The van der Waals surface area contributed by atoms with E-state index in [0.717, 1.165) is 37.8 Å². The Balaban J connectivity index is 1.46. The molecule has 0 spiro atoms. The second-order valence-corrected chi connectivity index (χ2v) is 8.56. The first-order valence-electron chi connectivity index (χ1n) is 9.59. The van der Waals surface area contributed by atoms with Crippen LogP contribution in [0.4, 0.5) is 5.69 Å². The maximum atomic E-state index is 12.3. The number of anilines is 1. The molecule has 0 saturated carbocycles. The van der Waals surface area contributed by atoms with Crippen LogP contribution in [0.15, 0.2) is 94.6 Å². The summed E-state index contributed by atoms with van der Waals surface area (Å²) >= 11 is 5.00. The van der Waals surface area contributed by atoms with Crippen LogP contribution in [0.25, 0.3) is 22.5 Å². The third-order valence-corrected chi connectivity index (χ3v) is 6.07. The lowest BCUT2D eigenvalue weighted by atomic mass is 10.1. The quantitative estimate of drug-likeness (QED) is 0.293. The van der Waals surface area contributed by atoms with E-state index in [-0.39, 0.29) is 5.91 Å². The van der Waals surface area contributed by atoms with Gasteiger partial charge in [0.25, 0.3) is 0 Å². The molecule has 1 amide bonds. The maximum absolute atomic E-state index is 12.3. The number of rotatable bonds is 7. The van der Waals surface area contributed by atoms with Gasteiger partial charge in [-0.05, 0) is 28.1 Å². The molecule has 0 fully saturated rings. The molecular weight excluding hydrogens is 458 g/mol. The topological polar surface area (TPSA) is 57.8 Å². The molecule has 0 aliphatic rings.